The maximum atomic E-state index is 12.8. The van der Waals surface area contributed by atoms with E-state index in [0.717, 1.165) is 23.5 Å². The average Bonchev–Trinajstić information content (AvgIpc) is 2.18. The normalized spacial score (nSPS) is 10.5. The first-order chi connectivity index (χ1) is 6.74. The highest BCUT2D eigenvalue weighted by atomic mass is 35.5. The van der Waals surface area contributed by atoms with E-state index in [9.17, 15) is 4.39 Å². The fourth-order valence-electron chi connectivity index (χ4n) is 0.976. The minimum absolute atomic E-state index is 0.195. The molecule has 0 saturated carbocycles. The molecule has 1 rings (SSSR count). The van der Waals surface area contributed by atoms with Gasteiger partial charge in [0.25, 0.3) is 0 Å². The largest absolute Gasteiger partial charge is 0.205 e. The summed E-state index contributed by atoms with van der Waals surface area (Å²) in [5.74, 6) is 2.22. The molecule has 14 heavy (non-hydrogen) atoms. The highest BCUT2D eigenvalue weighted by molar-refractivity contribution is 7.98. The van der Waals surface area contributed by atoms with Gasteiger partial charge in [-0.3, -0.25) is 0 Å². The van der Waals surface area contributed by atoms with Crippen LogP contribution in [0.4, 0.5) is 4.39 Å². The summed E-state index contributed by atoms with van der Waals surface area (Å²) in [5.41, 5.74) is 1.05. The maximum absolute atomic E-state index is 12.8. The van der Waals surface area contributed by atoms with Crippen molar-refractivity contribution in [2.24, 2.45) is 0 Å². The average molecular weight is 253 g/mol. The van der Waals surface area contributed by atoms with Crippen molar-refractivity contribution in [3.05, 3.63) is 34.6 Å². The maximum Gasteiger partial charge on any atom is 0.141 e. The molecule has 0 fully saturated rings. The molecule has 0 spiro atoms. The van der Waals surface area contributed by atoms with Crippen LogP contribution in [0.5, 0.6) is 0 Å². The molecule has 0 aliphatic carbocycles. The molecule has 78 valence electrons. The summed E-state index contributed by atoms with van der Waals surface area (Å²) >= 11 is 13.0. The summed E-state index contributed by atoms with van der Waals surface area (Å²) in [6.07, 6.45) is 1.00. The van der Waals surface area contributed by atoms with Gasteiger partial charge in [-0.1, -0.05) is 17.7 Å². The van der Waals surface area contributed by atoms with Gasteiger partial charge >= 0.3 is 0 Å². The molecule has 0 radical (unpaired) electrons. The highest BCUT2D eigenvalue weighted by Crippen LogP contribution is 2.20. The predicted molar refractivity (Wildman–Crippen MR) is 62.9 cm³/mol. The summed E-state index contributed by atoms with van der Waals surface area (Å²) in [5, 5.41) is 0.195. The number of hydrogen-bond acceptors (Lipinski definition) is 1. The minimum Gasteiger partial charge on any atom is -0.205 e. The molecule has 0 bridgehead atoms. The smallest absolute Gasteiger partial charge is 0.141 e. The SMILES string of the molecule is Fc1ccc(CSCCCCl)cc1Cl. The van der Waals surface area contributed by atoms with Gasteiger partial charge in [0.2, 0.25) is 0 Å². The van der Waals surface area contributed by atoms with Crippen molar-refractivity contribution in [1.29, 1.82) is 0 Å². The number of rotatable bonds is 5. The molecule has 0 saturated heterocycles. The molecule has 0 aliphatic rings. The van der Waals surface area contributed by atoms with E-state index in [-0.39, 0.29) is 10.8 Å². The fraction of sp³-hybridized carbons (Fsp3) is 0.400. The van der Waals surface area contributed by atoms with Crippen LogP contribution in [0.25, 0.3) is 0 Å². The van der Waals surface area contributed by atoms with E-state index in [4.69, 9.17) is 23.2 Å². The van der Waals surface area contributed by atoms with Gasteiger partial charge in [0, 0.05) is 11.6 Å². The fourth-order valence-corrected chi connectivity index (χ4v) is 2.38. The van der Waals surface area contributed by atoms with Crippen molar-refractivity contribution in [2.75, 3.05) is 11.6 Å². The molecular weight excluding hydrogens is 242 g/mol. The molecule has 0 atom stereocenters. The van der Waals surface area contributed by atoms with Gasteiger partial charge in [0.15, 0.2) is 0 Å². The summed E-state index contributed by atoms with van der Waals surface area (Å²) in [6, 6.07) is 4.83. The summed E-state index contributed by atoms with van der Waals surface area (Å²) < 4.78 is 12.8. The molecule has 0 aromatic heterocycles. The quantitative estimate of drug-likeness (QED) is 0.555. The van der Waals surface area contributed by atoms with Crippen LogP contribution in [0, 0.1) is 5.82 Å². The molecule has 0 aliphatic heterocycles. The Morgan fingerprint density at radius 3 is 2.79 bits per heavy atom. The molecule has 1 aromatic carbocycles. The van der Waals surface area contributed by atoms with Gasteiger partial charge in [-0.25, -0.2) is 4.39 Å². The second-order valence-electron chi connectivity index (χ2n) is 2.84. The van der Waals surface area contributed by atoms with Gasteiger partial charge < -0.3 is 0 Å². The Morgan fingerprint density at radius 1 is 1.36 bits per heavy atom. The first kappa shape index (κ1) is 12.2. The Hall–Kier alpha value is 0.0800. The van der Waals surface area contributed by atoms with Crippen LogP contribution in [-0.4, -0.2) is 11.6 Å². The molecule has 0 amide bonds. The van der Waals surface area contributed by atoms with E-state index in [2.05, 4.69) is 0 Å². The lowest BCUT2D eigenvalue weighted by molar-refractivity contribution is 0.628. The third kappa shape index (κ3) is 4.07. The van der Waals surface area contributed by atoms with E-state index in [1.54, 1.807) is 23.9 Å². The number of thioether (sulfide) groups is 1. The molecule has 0 unspecified atom stereocenters. The predicted octanol–water partition coefficient (Wildman–Crippen LogP) is 4.34. The zero-order valence-electron chi connectivity index (χ0n) is 7.60. The lowest BCUT2D eigenvalue weighted by atomic mass is 10.2. The number of benzene rings is 1. The Bertz CT molecular complexity index is 291. The molecule has 0 N–H and O–H groups in total. The van der Waals surface area contributed by atoms with Crippen LogP contribution < -0.4 is 0 Å². The second kappa shape index (κ2) is 6.54. The second-order valence-corrected chi connectivity index (χ2v) is 4.73. The Labute approximate surface area is 97.8 Å². The van der Waals surface area contributed by atoms with Crippen LogP contribution in [0.15, 0.2) is 18.2 Å². The third-order valence-corrected chi connectivity index (χ3v) is 3.35. The van der Waals surface area contributed by atoms with Crippen molar-refractivity contribution < 1.29 is 4.39 Å². The molecule has 1 aromatic rings. The highest BCUT2D eigenvalue weighted by Gasteiger charge is 2.00. The number of alkyl halides is 1. The Morgan fingerprint density at radius 2 is 2.14 bits per heavy atom. The van der Waals surface area contributed by atoms with Crippen LogP contribution in [0.2, 0.25) is 5.02 Å². The number of hydrogen-bond donors (Lipinski definition) is 0. The Kier molecular flexibility index (Phi) is 5.68. The van der Waals surface area contributed by atoms with Crippen LogP contribution in [0.3, 0.4) is 0 Å². The van der Waals surface area contributed by atoms with E-state index in [1.165, 1.54) is 6.07 Å². The molecular formula is C10H11Cl2FS. The topological polar surface area (TPSA) is 0 Å². The Balaban J connectivity index is 2.39. The first-order valence-electron chi connectivity index (χ1n) is 4.31. The summed E-state index contributed by atoms with van der Waals surface area (Å²) in [7, 11) is 0. The minimum atomic E-state index is -0.360. The van der Waals surface area contributed by atoms with Gasteiger partial charge in [-0.15, -0.1) is 11.6 Å². The lowest BCUT2D eigenvalue weighted by Crippen LogP contribution is -1.86. The van der Waals surface area contributed by atoms with Crippen LogP contribution in [-0.2, 0) is 5.75 Å². The van der Waals surface area contributed by atoms with Gasteiger partial charge in [0.1, 0.15) is 5.82 Å². The zero-order valence-corrected chi connectivity index (χ0v) is 9.93. The molecule has 4 heteroatoms. The molecule has 0 nitrogen and oxygen atoms in total. The molecule has 0 heterocycles. The number of halogens is 3. The van der Waals surface area contributed by atoms with Crippen molar-refractivity contribution in [1.82, 2.24) is 0 Å². The van der Waals surface area contributed by atoms with Gasteiger partial charge in [-0.2, -0.15) is 11.8 Å². The van der Waals surface area contributed by atoms with E-state index in [1.807, 2.05) is 0 Å². The lowest BCUT2D eigenvalue weighted by Gasteiger charge is -2.02. The summed E-state index contributed by atoms with van der Waals surface area (Å²) in [4.78, 5) is 0. The van der Waals surface area contributed by atoms with Crippen molar-refractivity contribution in [2.45, 2.75) is 12.2 Å². The third-order valence-electron chi connectivity index (χ3n) is 1.68. The standard InChI is InChI=1S/C10H11Cl2FS/c11-4-1-5-14-7-8-2-3-10(13)9(12)6-8/h2-3,6H,1,4-5,7H2. The van der Waals surface area contributed by atoms with Gasteiger partial charge in [-0.05, 0) is 29.9 Å². The van der Waals surface area contributed by atoms with Crippen LogP contribution in [0.1, 0.15) is 12.0 Å². The zero-order chi connectivity index (χ0) is 10.4. The monoisotopic (exact) mass is 252 g/mol. The van der Waals surface area contributed by atoms with E-state index < -0.39 is 0 Å². The first-order valence-corrected chi connectivity index (χ1v) is 6.38. The van der Waals surface area contributed by atoms with E-state index in [0.29, 0.717) is 5.88 Å². The van der Waals surface area contributed by atoms with Crippen molar-refractivity contribution in [3.8, 4) is 0 Å². The summed E-state index contributed by atoms with van der Waals surface area (Å²) in [6.45, 7) is 0. The van der Waals surface area contributed by atoms with Crippen molar-refractivity contribution in [3.63, 3.8) is 0 Å². The van der Waals surface area contributed by atoms with Crippen molar-refractivity contribution >= 4 is 35.0 Å². The van der Waals surface area contributed by atoms with E-state index >= 15 is 0 Å². The van der Waals surface area contributed by atoms with Crippen LogP contribution >= 0.6 is 35.0 Å². The van der Waals surface area contributed by atoms with Gasteiger partial charge in [0.05, 0.1) is 5.02 Å².